The van der Waals surface area contributed by atoms with E-state index in [0.717, 1.165) is 6.42 Å². The molecule has 0 fully saturated rings. The van der Waals surface area contributed by atoms with Crippen LogP contribution in [-0.2, 0) is 42.7 Å². The molecule has 0 aromatic carbocycles. The molecule has 0 aromatic rings. The Hall–Kier alpha value is -1.26. The second kappa shape index (κ2) is 22.0. The Bertz CT molecular complexity index is 329. The molecule has 0 aliphatic rings. The van der Waals surface area contributed by atoms with Gasteiger partial charge in [0.25, 0.3) is 0 Å². The van der Waals surface area contributed by atoms with Crippen molar-refractivity contribution in [1.29, 1.82) is 0 Å². The lowest BCUT2D eigenvalue weighted by atomic mass is 10.3. The fraction of sp³-hybridized carbons (Fsp3) is 0.895. The summed E-state index contributed by atoms with van der Waals surface area (Å²) in [5.74, 6) is -0.441. The highest BCUT2D eigenvalue weighted by Crippen LogP contribution is 1.91. The van der Waals surface area contributed by atoms with Crippen molar-refractivity contribution in [2.24, 2.45) is 0 Å². The molecule has 0 rings (SSSR count). The van der Waals surface area contributed by atoms with Gasteiger partial charge in [0.05, 0.1) is 79.1 Å². The molecule has 0 unspecified atom stereocenters. The van der Waals surface area contributed by atoms with Crippen molar-refractivity contribution in [1.82, 2.24) is 0 Å². The van der Waals surface area contributed by atoms with Gasteiger partial charge in [0.1, 0.15) is 6.61 Å². The third-order valence-electron chi connectivity index (χ3n) is 3.19. The van der Waals surface area contributed by atoms with E-state index in [1.807, 2.05) is 6.92 Å². The van der Waals surface area contributed by atoms with Crippen LogP contribution in [0.4, 0.5) is 0 Å². The van der Waals surface area contributed by atoms with Crippen LogP contribution < -0.4 is 0 Å². The fourth-order valence-corrected chi connectivity index (χ4v) is 1.86. The lowest BCUT2D eigenvalue weighted by Gasteiger charge is -2.08. The molecule has 0 aliphatic carbocycles. The Kier molecular flexibility index (Phi) is 21.0. The third-order valence-corrected chi connectivity index (χ3v) is 3.19. The van der Waals surface area contributed by atoms with E-state index in [1.165, 1.54) is 0 Å². The summed E-state index contributed by atoms with van der Waals surface area (Å²) >= 11 is 0. The molecule has 0 heterocycles. The maximum Gasteiger partial charge on any atom is 0.308 e. The second-order valence-electron chi connectivity index (χ2n) is 5.59. The molecule has 0 spiro atoms. The summed E-state index contributed by atoms with van der Waals surface area (Å²) in [6, 6.07) is 0. The van der Waals surface area contributed by atoms with E-state index in [9.17, 15) is 9.59 Å². The van der Waals surface area contributed by atoms with Crippen LogP contribution in [0.25, 0.3) is 0 Å². The van der Waals surface area contributed by atoms with Crippen molar-refractivity contribution in [2.75, 3.05) is 79.3 Å². The van der Waals surface area contributed by atoms with E-state index >= 15 is 0 Å². The van der Waals surface area contributed by atoms with Crippen molar-refractivity contribution < 1.29 is 42.7 Å². The van der Waals surface area contributed by atoms with Gasteiger partial charge in [0.15, 0.2) is 0 Å². The van der Waals surface area contributed by atoms with Gasteiger partial charge < -0.3 is 33.2 Å². The Morgan fingerprint density at radius 1 is 0.500 bits per heavy atom. The summed E-state index contributed by atoms with van der Waals surface area (Å²) in [7, 11) is 0. The van der Waals surface area contributed by atoms with Gasteiger partial charge in [-0.25, -0.2) is 0 Å². The van der Waals surface area contributed by atoms with E-state index in [-0.39, 0.29) is 25.0 Å². The van der Waals surface area contributed by atoms with Gasteiger partial charge in [-0.2, -0.15) is 0 Å². The first-order chi connectivity index (χ1) is 13.7. The maximum absolute atomic E-state index is 11.1. The summed E-state index contributed by atoms with van der Waals surface area (Å²) in [5, 5.41) is 0. The van der Waals surface area contributed by atoms with Gasteiger partial charge in [-0.05, 0) is 13.3 Å². The normalized spacial score (nSPS) is 10.8. The quantitative estimate of drug-likeness (QED) is 0.206. The van der Waals surface area contributed by atoms with E-state index in [2.05, 4.69) is 0 Å². The molecule has 0 bridgehead atoms. The average Bonchev–Trinajstić information content (AvgIpc) is 2.67. The lowest BCUT2D eigenvalue weighted by molar-refractivity contribution is -0.146. The van der Waals surface area contributed by atoms with Crippen molar-refractivity contribution in [3.05, 3.63) is 0 Å². The highest BCUT2D eigenvalue weighted by molar-refractivity contribution is 5.69. The van der Waals surface area contributed by atoms with Gasteiger partial charge in [-0.15, -0.1) is 0 Å². The lowest BCUT2D eigenvalue weighted by Crippen LogP contribution is -2.15. The van der Waals surface area contributed by atoms with E-state index < -0.39 is 0 Å². The molecular formula is C19H36O9. The van der Waals surface area contributed by atoms with Crippen molar-refractivity contribution >= 4 is 11.9 Å². The molecule has 0 atom stereocenters. The monoisotopic (exact) mass is 408 g/mol. The summed E-state index contributed by atoms with van der Waals surface area (Å²) in [6.07, 6.45) is 1.49. The highest BCUT2D eigenvalue weighted by Gasteiger charge is 2.01. The number of hydrogen-bond donors (Lipinski definition) is 0. The van der Waals surface area contributed by atoms with Crippen LogP contribution in [-0.4, -0.2) is 91.2 Å². The first kappa shape index (κ1) is 26.7. The second-order valence-corrected chi connectivity index (χ2v) is 5.59. The molecule has 28 heavy (non-hydrogen) atoms. The Balaban J connectivity index is 3.08. The number of hydrogen-bond acceptors (Lipinski definition) is 9. The van der Waals surface area contributed by atoms with Gasteiger partial charge in [0, 0.05) is 6.42 Å². The first-order valence-electron chi connectivity index (χ1n) is 9.90. The highest BCUT2D eigenvalue weighted by atomic mass is 16.6. The van der Waals surface area contributed by atoms with E-state index in [1.54, 1.807) is 6.92 Å². The van der Waals surface area contributed by atoms with E-state index in [0.29, 0.717) is 79.1 Å². The number of carbonyl (C=O) groups excluding carboxylic acids is 2. The minimum Gasteiger partial charge on any atom is -0.466 e. The Morgan fingerprint density at radius 3 is 1.32 bits per heavy atom. The van der Waals surface area contributed by atoms with Crippen LogP contribution in [0.15, 0.2) is 0 Å². The number of ether oxygens (including phenoxy) is 7. The van der Waals surface area contributed by atoms with Gasteiger partial charge in [0.2, 0.25) is 0 Å². The van der Waals surface area contributed by atoms with Crippen LogP contribution in [0.1, 0.15) is 33.1 Å². The van der Waals surface area contributed by atoms with Crippen LogP contribution in [0.3, 0.4) is 0 Å². The molecule has 166 valence electrons. The average molecular weight is 408 g/mol. The van der Waals surface area contributed by atoms with Gasteiger partial charge >= 0.3 is 11.9 Å². The summed E-state index contributed by atoms with van der Waals surface area (Å²) in [6.45, 7) is 8.78. The number of carbonyl (C=O) groups is 2. The molecule has 0 radical (unpaired) electrons. The van der Waals surface area contributed by atoms with Crippen LogP contribution in [0, 0.1) is 0 Å². The minimum absolute atomic E-state index is 0.190. The fourth-order valence-electron chi connectivity index (χ4n) is 1.86. The summed E-state index contributed by atoms with van der Waals surface area (Å²) < 4.78 is 36.3. The summed E-state index contributed by atoms with van der Waals surface area (Å²) in [4.78, 5) is 22.2. The van der Waals surface area contributed by atoms with Gasteiger partial charge in [-0.1, -0.05) is 6.92 Å². The van der Waals surface area contributed by atoms with Gasteiger partial charge in [-0.3, -0.25) is 9.59 Å². The Morgan fingerprint density at radius 2 is 0.893 bits per heavy atom. The SMILES string of the molecule is CCCC(=O)OCCOCCOCCOCCOCCOCCC(=O)OCC. The smallest absolute Gasteiger partial charge is 0.308 e. The van der Waals surface area contributed by atoms with Crippen LogP contribution >= 0.6 is 0 Å². The standard InChI is InChI=1S/C19H36O9/c1-3-5-18(20)28-17-16-26-15-14-25-13-12-24-11-10-23-9-8-22-7-6-19(21)27-4-2/h3-17H2,1-2H3. The molecule has 0 aliphatic heterocycles. The third kappa shape index (κ3) is 21.0. The zero-order valence-electron chi connectivity index (χ0n) is 17.3. The van der Waals surface area contributed by atoms with Crippen molar-refractivity contribution in [3.8, 4) is 0 Å². The maximum atomic E-state index is 11.1. The van der Waals surface area contributed by atoms with Crippen molar-refractivity contribution in [2.45, 2.75) is 33.1 Å². The predicted molar refractivity (Wildman–Crippen MR) is 101 cm³/mol. The molecule has 0 amide bonds. The number of rotatable bonds is 21. The molecule has 0 saturated carbocycles. The minimum atomic E-state index is -0.251. The first-order valence-corrected chi connectivity index (χ1v) is 9.90. The number of esters is 2. The zero-order valence-corrected chi connectivity index (χ0v) is 17.3. The molecular weight excluding hydrogens is 372 g/mol. The molecule has 9 nitrogen and oxygen atoms in total. The largest absolute Gasteiger partial charge is 0.466 e. The van der Waals surface area contributed by atoms with Crippen LogP contribution in [0.5, 0.6) is 0 Å². The molecule has 0 aromatic heterocycles. The molecule has 0 N–H and O–H groups in total. The zero-order chi connectivity index (χ0) is 20.7. The van der Waals surface area contributed by atoms with Crippen molar-refractivity contribution in [3.63, 3.8) is 0 Å². The predicted octanol–water partition coefficient (Wildman–Crippen LogP) is 1.37. The van der Waals surface area contributed by atoms with E-state index in [4.69, 9.17) is 33.2 Å². The molecule has 9 heteroatoms. The van der Waals surface area contributed by atoms with Crippen LogP contribution in [0.2, 0.25) is 0 Å². The molecule has 0 saturated heterocycles. The Labute approximate surface area is 167 Å². The topological polar surface area (TPSA) is 98.8 Å². The summed E-state index contributed by atoms with van der Waals surface area (Å²) in [5.41, 5.74) is 0.